The van der Waals surface area contributed by atoms with Gasteiger partial charge in [0.05, 0.1) is 11.9 Å². The van der Waals surface area contributed by atoms with Gasteiger partial charge in [0, 0.05) is 45.2 Å². The predicted octanol–water partition coefficient (Wildman–Crippen LogP) is 2.97. The van der Waals surface area contributed by atoms with Crippen molar-refractivity contribution in [1.29, 1.82) is 0 Å². The van der Waals surface area contributed by atoms with Gasteiger partial charge in [-0.05, 0) is 12.8 Å². The van der Waals surface area contributed by atoms with Crippen molar-refractivity contribution >= 4 is 17.2 Å². The van der Waals surface area contributed by atoms with Gasteiger partial charge < -0.3 is 4.90 Å². The van der Waals surface area contributed by atoms with Gasteiger partial charge in [-0.1, -0.05) is 0 Å². The van der Waals surface area contributed by atoms with E-state index in [0.717, 1.165) is 10.6 Å². The quantitative estimate of drug-likeness (QED) is 0.860. The highest BCUT2D eigenvalue weighted by molar-refractivity contribution is 7.17. The van der Waals surface area contributed by atoms with Crippen molar-refractivity contribution in [3.8, 4) is 10.6 Å². The van der Waals surface area contributed by atoms with E-state index in [4.69, 9.17) is 0 Å². The minimum atomic E-state index is -2.55. The Morgan fingerprint density at radius 2 is 2.22 bits per heavy atom. The first-order valence-corrected chi connectivity index (χ1v) is 8.16. The number of hydrogen-bond donors (Lipinski definition) is 0. The van der Waals surface area contributed by atoms with E-state index >= 15 is 0 Å². The van der Waals surface area contributed by atoms with E-state index in [1.165, 1.54) is 16.2 Å². The average Bonchev–Trinajstić information content (AvgIpc) is 3.02. The third-order valence-corrected chi connectivity index (χ3v) is 5.19. The third-order valence-electron chi connectivity index (χ3n) is 4.00. The molecule has 124 valence electrons. The van der Waals surface area contributed by atoms with Gasteiger partial charge in [-0.2, -0.15) is 5.10 Å². The molecule has 2 aromatic rings. The van der Waals surface area contributed by atoms with Gasteiger partial charge in [-0.3, -0.25) is 9.48 Å². The minimum absolute atomic E-state index is 0.120. The molecular weight excluding hydrogens is 322 g/mol. The number of carbonyl (C=O) groups is 1. The summed E-state index contributed by atoms with van der Waals surface area (Å²) in [5.74, 6) is -2.84. The summed E-state index contributed by atoms with van der Waals surface area (Å²) >= 11 is 1.31. The highest BCUT2D eigenvalue weighted by Gasteiger charge is 2.45. The zero-order valence-corrected chi connectivity index (χ0v) is 14.0. The second kappa shape index (κ2) is 5.67. The van der Waals surface area contributed by atoms with Crippen LogP contribution in [-0.4, -0.2) is 45.1 Å². The number of hydrogen-bond acceptors (Lipinski definition) is 4. The monoisotopic (exact) mass is 340 g/mol. The molecule has 8 heteroatoms. The molecule has 23 heavy (non-hydrogen) atoms. The van der Waals surface area contributed by atoms with E-state index in [1.54, 1.807) is 24.9 Å². The molecule has 1 saturated carbocycles. The lowest BCUT2D eigenvalue weighted by Crippen LogP contribution is -2.43. The van der Waals surface area contributed by atoms with Gasteiger partial charge >= 0.3 is 0 Å². The average molecular weight is 340 g/mol. The molecule has 0 spiro atoms. The molecule has 1 aliphatic carbocycles. The van der Waals surface area contributed by atoms with E-state index < -0.39 is 5.92 Å². The molecule has 0 atom stereocenters. The number of aryl methyl sites for hydroxylation is 2. The predicted molar refractivity (Wildman–Crippen MR) is 83.7 cm³/mol. The fourth-order valence-corrected chi connectivity index (χ4v) is 3.84. The van der Waals surface area contributed by atoms with Crippen LogP contribution in [-0.2, 0) is 7.05 Å². The molecule has 1 aliphatic rings. The first-order valence-electron chi connectivity index (χ1n) is 7.35. The van der Waals surface area contributed by atoms with Crippen LogP contribution in [0.5, 0.6) is 0 Å². The number of halogens is 2. The van der Waals surface area contributed by atoms with Gasteiger partial charge in [0.1, 0.15) is 9.88 Å². The molecule has 0 N–H and O–H groups in total. The highest BCUT2D eigenvalue weighted by Crippen LogP contribution is 2.42. The Kier molecular flexibility index (Phi) is 3.95. The van der Waals surface area contributed by atoms with Crippen LogP contribution in [0.1, 0.15) is 28.2 Å². The fourth-order valence-electron chi connectivity index (χ4n) is 2.81. The minimum Gasteiger partial charge on any atom is -0.341 e. The summed E-state index contributed by atoms with van der Waals surface area (Å²) in [6.07, 6.45) is 3.28. The summed E-state index contributed by atoms with van der Waals surface area (Å²) in [6, 6.07) is 0. The third kappa shape index (κ3) is 3.26. The van der Waals surface area contributed by atoms with Crippen molar-refractivity contribution in [2.24, 2.45) is 13.0 Å². The lowest BCUT2D eigenvalue weighted by Gasteiger charge is -2.37. The Bertz CT molecular complexity index is 732. The maximum absolute atomic E-state index is 12.9. The highest BCUT2D eigenvalue weighted by atomic mass is 32.1. The summed E-state index contributed by atoms with van der Waals surface area (Å²) in [7, 11) is 3.47. The standard InChI is InChI=1S/C15H18F2N4OS/c1-9-12(23-13(19-9)11-6-18-21(3)8-11)14(22)20(2)7-10-4-15(16,17)5-10/h6,8,10H,4-5,7H2,1-3H3. The zero-order chi connectivity index (χ0) is 16.8. The first-order chi connectivity index (χ1) is 10.7. The Morgan fingerprint density at radius 1 is 1.52 bits per heavy atom. The van der Waals surface area contributed by atoms with Crippen LogP contribution in [0.3, 0.4) is 0 Å². The Hall–Kier alpha value is -1.83. The molecule has 0 saturated heterocycles. The van der Waals surface area contributed by atoms with Gasteiger partial charge in [0.2, 0.25) is 5.92 Å². The molecule has 5 nitrogen and oxygen atoms in total. The number of aromatic nitrogens is 3. The second-order valence-corrected chi connectivity index (χ2v) is 7.15. The molecular formula is C15H18F2N4OS. The Balaban J connectivity index is 1.71. The summed E-state index contributed by atoms with van der Waals surface area (Å²) < 4.78 is 27.5. The molecule has 0 aliphatic heterocycles. The van der Waals surface area contributed by atoms with E-state index in [2.05, 4.69) is 10.1 Å². The maximum Gasteiger partial charge on any atom is 0.265 e. The van der Waals surface area contributed by atoms with Crippen LogP contribution in [0.15, 0.2) is 12.4 Å². The maximum atomic E-state index is 12.9. The van der Waals surface area contributed by atoms with Crippen LogP contribution in [0.4, 0.5) is 8.78 Å². The molecule has 2 aromatic heterocycles. The lowest BCUT2D eigenvalue weighted by atomic mass is 9.81. The van der Waals surface area contributed by atoms with Crippen LogP contribution in [0.25, 0.3) is 10.6 Å². The van der Waals surface area contributed by atoms with E-state index in [-0.39, 0.29) is 24.7 Å². The zero-order valence-electron chi connectivity index (χ0n) is 13.2. The number of rotatable bonds is 4. The van der Waals surface area contributed by atoms with E-state index in [1.807, 2.05) is 13.2 Å². The van der Waals surface area contributed by atoms with Gasteiger partial charge in [-0.15, -0.1) is 11.3 Å². The van der Waals surface area contributed by atoms with Crippen LogP contribution in [0.2, 0.25) is 0 Å². The number of nitrogens with zero attached hydrogens (tertiary/aromatic N) is 4. The SMILES string of the molecule is Cc1nc(-c2cnn(C)c2)sc1C(=O)N(C)CC1CC(F)(F)C1. The fraction of sp³-hybridized carbons (Fsp3) is 0.533. The topological polar surface area (TPSA) is 51.0 Å². The van der Waals surface area contributed by atoms with Crippen molar-refractivity contribution in [3.63, 3.8) is 0 Å². The Labute approximate surface area is 136 Å². The van der Waals surface area contributed by atoms with Crippen molar-refractivity contribution < 1.29 is 13.6 Å². The van der Waals surface area contributed by atoms with E-state index in [0.29, 0.717) is 17.1 Å². The normalized spacial score (nSPS) is 17.1. The molecule has 0 aromatic carbocycles. The number of carbonyl (C=O) groups excluding carboxylic acids is 1. The first kappa shape index (κ1) is 16.0. The molecule has 2 heterocycles. The van der Waals surface area contributed by atoms with E-state index in [9.17, 15) is 13.6 Å². The van der Waals surface area contributed by atoms with Crippen molar-refractivity contribution in [2.75, 3.05) is 13.6 Å². The van der Waals surface area contributed by atoms with Crippen LogP contribution in [0, 0.1) is 12.8 Å². The summed E-state index contributed by atoms with van der Waals surface area (Å²) in [4.78, 5) is 19.0. The summed E-state index contributed by atoms with van der Waals surface area (Å²) in [5.41, 5.74) is 1.52. The van der Waals surface area contributed by atoms with Gasteiger partial charge in [-0.25, -0.2) is 13.8 Å². The van der Waals surface area contributed by atoms with Crippen LogP contribution >= 0.6 is 11.3 Å². The van der Waals surface area contributed by atoms with Crippen molar-refractivity contribution in [2.45, 2.75) is 25.7 Å². The lowest BCUT2D eigenvalue weighted by molar-refractivity contribution is -0.113. The van der Waals surface area contributed by atoms with Crippen molar-refractivity contribution in [3.05, 3.63) is 23.0 Å². The molecule has 1 amide bonds. The molecule has 0 radical (unpaired) electrons. The van der Waals surface area contributed by atoms with Gasteiger partial charge in [0.15, 0.2) is 0 Å². The molecule has 0 bridgehead atoms. The van der Waals surface area contributed by atoms with Crippen molar-refractivity contribution in [1.82, 2.24) is 19.7 Å². The molecule has 1 fully saturated rings. The number of amides is 1. The Morgan fingerprint density at radius 3 is 2.78 bits per heavy atom. The summed E-state index contributed by atoms with van der Waals surface area (Å²) in [5, 5.41) is 4.84. The smallest absolute Gasteiger partial charge is 0.265 e. The molecule has 3 rings (SSSR count). The largest absolute Gasteiger partial charge is 0.341 e. The molecule has 0 unspecified atom stereocenters. The van der Waals surface area contributed by atoms with Crippen LogP contribution < -0.4 is 0 Å². The van der Waals surface area contributed by atoms with Gasteiger partial charge in [0.25, 0.3) is 5.91 Å². The summed E-state index contributed by atoms with van der Waals surface area (Å²) in [6.45, 7) is 2.14. The number of thiazole rings is 1. The second-order valence-electron chi connectivity index (χ2n) is 6.15. The number of alkyl halides is 2.